The van der Waals surface area contributed by atoms with Crippen LogP contribution in [0.25, 0.3) is 17.0 Å². The number of rotatable bonds is 3. The van der Waals surface area contributed by atoms with Crippen LogP contribution in [-0.2, 0) is 16.6 Å². The summed E-state index contributed by atoms with van der Waals surface area (Å²) >= 11 is 0. The lowest BCUT2D eigenvalue weighted by atomic mass is 10.1. The third-order valence-electron chi connectivity index (χ3n) is 4.41. The van der Waals surface area contributed by atoms with E-state index in [2.05, 4.69) is 0 Å². The Kier molecular flexibility index (Phi) is 4.66. The molecule has 0 saturated carbocycles. The fourth-order valence-electron chi connectivity index (χ4n) is 3.05. The molecule has 0 unspecified atom stereocenters. The second-order valence-corrected chi connectivity index (χ2v) is 5.91. The summed E-state index contributed by atoms with van der Waals surface area (Å²) in [6.45, 7) is 1.43. The molecule has 1 aliphatic heterocycles. The summed E-state index contributed by atoms with van der Waals surface area (Å²) in [4.78, 5) is 27.1. The lowest BCUT2D eigenvalue weighted by Gasteiger charge is -2.33. The minimum absolute atomic E-state index is 0.0565. The van der Waals surface area contributed by atoms with Gasteiger partial charge in [-0.1, -0.05) is 18.2 Å². The van der Waals surface area contributed by atoms with Gasteiger partial charge >= 0.3 is 0 Å². The fourth-order valence-corrected chi connectivity index (χ4v) is 3.05. The second kappa shape index (κ2) is 6.88. The van der Waals surface area contributed by atoms with E-state index in [1.807, 2.05) is 48.2 Å². The molecule has 0 aliphatic carbocycles. The van der Waals surface area contributed by atoms with Crippen molar-refractivity contribution in [2.24, 2.45) is 7.05 Å². The van der Waals surface area contributed by atoms with Gasteiger partial charge in [-0.3, -0.25) is 9.59 Å². The van der Waals surface area contributed by atoms with E-state index in [0.717, 1.165) is 16.5 Å². The Balaban J connectivity index is 1.67. The zero-order chi connectivity index (χ0) is 17.1. The van der Waals surface area contributed by atoms with E-state index in [-0.39, 0.29) is 11.8 Å². The zero-order valence-electron chi connectivity index (χ0n) is 13.7. The highest BCUT2D eigenvalue weighted by Gasteiger charge is 2.22. The summed E-state index contributed by atoms with van der Waals surface area (Å²) in [5.74, 6) is -0.340. The number of aliphatic hydroxyl groups excluding tert-OH is 1. The molecule has 2 aromatic rings. The summed E-state index contributed by atoms with van der Waals surface area (Å²) in [5, 5.41) is 9.99. The largest absolute Gasteiger partial charge is 0.387 e. The molecule has 6 nitrogen and oxygen atoms in total. The average molecular weight is 327 g/mol. The minimum Gasteiger partial charge on any atom is -0.387 e. The SMILES string of the molecule is Cn1cc(/C=C/C(=O)N2CCN(C(=O)CO)CC2)c2ccccc21. The number of nitrogens with zero attached hydrogens (tertiary/aromatic N) is 3. The first kappa shape index (κ1) is 16.3. The van der Waals surface area contributed by atoms with Crippen LogP contribution in [0.2, 0.25) is 0 Å². The number of fused-ring (bicyclic) bond motifs is 1. The van der Waals surface area contributed by atoms with Gasteiger partial charge < -0.3 is 19.5 Å². The maximum Gasteiger partial charge on any atom is 0.248 e. The van der Waals surface area contributed by atoms with Crippen LogP contribution in [0, 0.1) is 0 Å². The summed E-state index contributed by atoms with van der Waals surface area (Å²) in [6, 6.07) is 8.07. The van der Waals surface area contributed by atoms with E-state index >= 15 is 0 Å². The number of carbonyl (C=O) groups excluding carboxylic acids is 2. The van der Waals surface area contributed by atoms with Gasteiger partial charge in [0.2, 0.25) is 11.8 Å². The zero-order valence-corrected chi connectivity index (χ0v) is 13.7. The molecule has 126 valence electrons. The molecule has 6 heteroatoms. The van der Waals surface area contributed by atoms with Gasteiger partial charge in [0.05, 0.1) is 0 Å². The minimum atomic E-state index is -0.477. The first-order valence-electron chi connectivity index (χ1n) is 8.00. The van der Waals surface area contributed by atoms with Crippen LogP contribution in [0.1, 0.15) is 5.56 Å². The van der Waals surface area contributed by atoms with Crippen LogP contribution in [-0.4, -0.2) is 64.1 Å². The first-order valence-corrected chi connectivity index (χ1v) is 8.00. The van der Waals surface area contributed by atoms with Gasteiger partial charge in [-0.15, -0.1) is 0 Å². The van der Waals surface area contributed by atoms with Crippen LogP contribution in [0.15, 0.2) is 36.5 Å². The molecule has 1 aliphatic rings. The highest BCUT2D eigenvalue weighted by molar-refractivity contribution is 5.96. The van der Waals surface area contributed by atoms with Crippen molar-refractivity contribution >= 4 is 28.8 Å². The molecule has 1 N–H and O–H groups in total. The number of piperazine rings is 1. The number of hydrogen-bond acceptors (Lipinski definition) is 3. The van der Waals surface area contributed by atoms with E-state index < -0.39 is 6.61 Å². The number of aryl methyl sites for hydroxylation is 1. The fraction of sp³-hybridized carbons (Fsp3) is 0.333. The van der Waals surface area contributed by atoms with Crippen molar-refractivity contribution in [1.29, 1.82) is 0 Å². The van der Waals surface area contributed by atoms with E-state index in [1.165, 1.54) is 0 Å². The van der Waals surface area contributed by atoms with Crippen LogP contribution in [0.5, 0.6) is 0 Å². The summed E-state index contributed by atoms with van der Waals surface area (Å²) < 4.78 is 2.04. The summed E-state index contributed by atoms with van der Waals surface area (Å²) in [5.41, 5.74) is 2.14. The van der Waals surface area contributed by atoms with Gasteiger partial charge in [0, 0.05) is 62.0 Å². The Bertz CT molecular complexity index is 786. The highest BCUT2D eigenvalue weighted by atomic mass is 16.3. The van der Waals surface area contributed by atoms with E-state index in [4.69, 9.17) is 5.11 Å². The molecule has 2 heterocycles. The normalized spacial score (nSPS) is 15.4. The smallest absolute Gasteiger partial charge is 0.248 e. The number of para-hydroxylation sites is 1. The lowest BCUT2D eigenvalue weighted by molar-refractivity contribution is -0.139. The van der Waals surface area contributed by atoms with Crippen molar-refractivity contribution in [2.75, 3.05) is 32.8 Å². The van der Waals surface area contributed by atoms with Crippen molar-refractivity contribution in [3.63, 3.8) is 0 Å². The lowest BCUT2D eigenvalue weighted by Crippen LogP contribution is -2.50. The molecule has 0 atom stereocenters. The Morgan fingerprint density at radius 1 is 1.12 bits per heavy atom. The summed E-state index contributed by atoms with van der Waals surface area (Å²) in [7, 11) is 1.99. The van der Waals surface area contributed by atoms with Gasteiger partial charge in [0.15, 0.2) is 0 Å². The molecule has 3 rings (SSSR count). The van der Waals surface area contributed by atoms with Crippen molar-refractivity contribution in [2.45, 2.75) is 0 Å². The Hall–Kier alpha value is -2.60. The molecule has 2 amide bonds. The van der Waals surface area contributed by atoms with Gasteiger partial charge in [-0.05, 0) is 12.1 Å². The topological polar surface area (TPSA) is 65.8 Å². The maximum atomic E-state index is 12.3. The molecule has 0 spiro atoms. The van der Waals surface area contributed by atoms with E-state index in [0.29, 0.717) is 26.2 Å². The quantitative estimate of drug-likeness (QED) is 0.850. The van der Waals surface area contributed by atoms with Crippen LogP contribution in [0.4, 0.5) is 0 Å². The van der Waals surface area contributed by atoms with Gasteiger partial charge in [-0.2, -0.15) is 0 Å². The van der Waals surface area contributed by atoms with Gasteiger partial charge in [-0.25, -0.2) is 0 Å². The average Bonchev–Trinajstić information content (AvgIpc) is 2.95. The monoisotopic (exact) mass is 327 g/mol. The third kappa shape index (κ3) is 3.19. The maximum absolute atomic E-state index is 12.3. The Morgan fingerprint density at radius 2 is 1.79 bits per heavy atom. The molecule has 1 aromatic heterocycles. The predicted octanol–water partition coefficient (Wildman–Crippen LogP) is 0.855. The molecular formula is C18H21N3O3. The van der Waals surface area contributed by atoms with E-state index in [1.54, 1.807) is 15.9 Å². The number of aromatic nitrogens is 1. The molecule has 1 fully saturated rings. The number of carbonyl (C=O) groups is 2. The third-order valence-corrected chi connectivity index (χ3v) is 4.41. The van der Waals surface area contributed by atoms with Crippen molar-refractivity contribution in [3.05, 3.63) is 42.1 Å². The van der Waals surface area contributed by atoms with Crippen LogP contribution < -0.4 is 0 Å². The van der Waals surface area contributed by atoms with Crippen molar-refractivity contribution in [3.8, 4) is 0 Å². The number of benzene rings is 1. The summed E-state index contributed by atoms with van der Waals surface area (Å²) in [6.07, 6.45) is 5.44. The number of amides is 2. The van der Waals surface area contributed by atoms with E-state index in [9.17, 15) is 9.59 Å². The number of aliphatic hydroxyl groups is 1. The molecule has 1 saturated heterocycles. The van der Waals surface area contributed by atoms with Gasteiger partial charge in [0.25, 0.3) is 0 Å². The standard InChI is InChI=1S/C18H21N3O3/c1-19-12-14(15-4-2-3-5-16(15)19)6-7-17(23)20-8-10-21(11-9-20)18(24)13-22/h2-7,12,22H,8-11,13H2,1H3/b7-6+. The van der Waals surface area contributed by atoms with Crippen molar-refractivity contribution in [1.82, 2.24) is 14.4 Å². The van der Waals surface area contributed by atoms with Gasteiger partial charge in [0.1, 0.15) is 6.61 Å². The second-order valence-electron chi connectivity index (χ2n) is 5.91. The van der Waals surface area contributed by atoms with Crippen molar-refractivity contribution < 1.29 is 14.7 Å². The Labute approximate surface area is 140 Å². The predicted molar refractivity (Wildman–Crippen MR) is 92.2 cm³/mol. The Morgan fingerprint density at radius 3 is 2.50 bits per heavy atom. The number of hydrogen-bond donors (Lipinski definition) is 1. The molecular weight excluding hydrogens is 306 g/mol. The van der Waals surface area contributed by atoms with Crippen LogP contribution >= 0.6 is 0 Å². The highest BCUT2D eigenvalue weighted by Crippen LogP contribution is 2.21. The molecule has 0 radical (unpaired) electrons. The van der Waals surface area contributed by atoms with Crippen LogP contribution in [0.3, 0.4) is 0 Å². The molecule has 0 bridgehead atoms. The first-order chi connectivity index (χ1) is 11.6. The molecule has 1 aromatic carbocycles. The molecule has 24 heavy (non-hydrogen) atoms.